The zero-order chi connectivity index (χ0) is 19.4. The summed E-state index contributed by atoms with van der Waals surface area (Å²) in [6.45, 7) is 5.85. The van der Waals surface area contributed by atoms with E-state index in [0.717, 1.165) is 37.0 Å². The van der Waals surface area contributed by atoms with Crippen LogP contribution in [0.15, 0.2) is 20.1 Å². The Labute approximate surface area is 163 Å². The number of amides is 1. The minimum Gasteiger partial charge on any atom is -0.412 e. The lowest BCUT2D eigenvalue weighted by molar-refractivity contribution is 0.0684. The molecule has 1 amide bonds. The number of hydrogen-bond acceptors (Lipinski definition) is 7. The third-order valence-electron chi connectivity index (χ3n) is 4.35. The van der Waals surface area contributed by atoms with Gasteiger partial charge in [0.25, 0.3) is 0 Å². The van der Waals surface area contributed by atoms with Crippen LogP contribution in [-0.4, -0.2) is 49.1 Å². The second-order valence-corrected chi connectivity index (χ2v) is 9.90. The molecule has 0 bridgehead atoms. The Balaban J connectivity index is 1.69. The number of piperidine rings is 1. The SMILES string of the molecule is CC(C)CCNS(=O)(=O)c1cc(-c2nnc(C(=O)N3CCCCC3)o2)cs1. The maximum atomic E-state index is 12.4. The smallest absolute Gasteiger partial charge is 0.311 e. The average molecular weight is 413 g/mol. The van der Waals surface area contributed by atoms with Gasteiger partial charge in [0, 0.05) is 25.0 Å². The van der Waals surface area contributed by atoms with E-state index < -0.39 is 10.0 Å². The molecule has 1 aliphatic heterocycles. The highest BCUT2D eigenvalue weighted by Crippen LogP contribution is 2.28. The summed E-state index contributed by atoms with van der Waals surface area (Å²) < 4.78 is 33.0. The van der Waals surface area contributed by atoms with Gasteiger partial charge in [-0.05, 0) is 37.7 Å². The molecule has 2 aromatic rings. The Morgan fingerprint density at radius 1 is 1.30 bits per heavy atom. The van der Waals surface area contributed by atoms with E-state index in [2.05, 4.69) is 14.9 Å². The average Bonchev–Trinajstić information content (AvgIpc) is 3.31. The lowest BCUT2D eigenvalue weighted by Crippen LogP contribution is -2.35. The summed E-state index contributed by atoms with van der Waals surface area (Å²) in [5.41, 5.74) is 0.495. The summed E-state index contributed by atoms with van der Waals surface area (Å²) in [7, 11) is -3.57. The first-order chi connectivity index (χ1) is 12.9. The summed E-state index contributed by atoms with van der Waals surface area (Å²) in [5.74, 6) is 0.237. The minimum atomic E-state index is -3.57. The van der Waals surface area contributed by atoms with Crippen LogP contribution in [0.5, 0.6) is 0 Å². The fourth-order valence-corrected chi connectivity index (χ4v) is 5.03. The van der Waals surface area contributed by atoms with Crippen LogP contribution in [0, 0.1) is 5.92 Å². The number of nitrogens with zero attached hydrogens (tertiary/aromatic N) is 3. The maximum absolute atomic E-state index is 12.4. The monoisotopic (exact) mass is 412 g/mol. The van der Waals surface area contributed by atoms with Gasteiger partial charge >= 0.3 is 11.8 Å². The number of sulfonamides is 1. The highest BCUT2D eigenvalue weighted by atomic mass is 32.2. The molecule has 1 aliphatic rings. The van der Waals surface area contributed by atoms with E-state index in [-0.39, 0.29) is 21.9 Å². The molecule has 0 saturated carbocycles. The molecule has 1 N–H and O–H groups in total. The van der Waals surface area contributed by atoms with Crippen molar-refractivity contribution in [1.82, 2.24) is 19.8 Å². The summed E-state index contributed by atoms with van der Waals surface area (Å²) in [6, 6.07) is 1.49. The van der Waals surface area contributed by atoms with Crippen LogP contribution in [0.2, 0.25) is 0 Å². The van der Waals surface area contributed by atoms with Crippen LogP contribution in [0.25, 0.3) is 11.5 Å². The van der Waals surface area contributed by atoms with Crippen molar-refractivity contribution < 1.29 is 17.6 Å². The van der Waals surface area contributed by atoms with Gasteiger partial charge in [-0.2, -0.15) is 0 Å². The van der Waals surface area contributed by atoms with E-state index in [1.54, 1.807) is 10.3 Å². The predicted octanol–water partition coefficient (Wildman–Crippen LogP) is 2.75. The quantitative estimate of drug-likeness (QED) is 0.750. The largest absolute Gasteiger partial charge is 0.412 e. The summed E-state index contributed by atoms with van der Waals surface area (Å²) in [6.07, 6.45) is 3.84. The van der Waals surface area contributed by atoms with Crippen molar-refractivity contribution in [2.75, 3.05) is 19.6 Å². The van der Waals surface area contributed by atoms with Crippen LogP contribution >= 0.6 is 11.3 Å². The number of hydrogen-bond donors (Lipinski definition) is 1. The number of aromatic nitrogens is 2. The molecule has 0 atom stereocenters. The van der Waals surface area contributed by atoms with Gasteiger partial charge in [-0.25, -0.2) is 13.1 Å². The van der Waals surface area contributed by atoms with E-state index in [4.69, 9.17) is 4.42 Å². The highest BCUT2D eigenvalue weighted by Gasteiger charge is 2.25. The van der Waals surface area contributed by atoms with Crippen LogP contribution in [-0.2, 0) is 10.0 Å². The predicted molar refractivity (Wildman–Crippen MR) is 102 cm³/mol. The first kappa shape index (κ1) is 20.0. The number of carbonyl (C=O) groups is 1. The number of nitrogens with one attached hydrogen (secondary N) is 1. The number of thiophene rings is 1. The minimum absolute atomic E-state index is 0.0578. The molecule has 0 radical (unpaired) electrons. The number of carbonyl (C=O) groups excluding carboxylic acids is 1. The molecule has 0 aromatic carbocycles. The molecule has 2 aromatic heterocycles. The number of likely N-dealkylation sites (tertiary alicyclic amines) is 1. The fourth-order valence-electron chi connectivity index (χ4n) is 2.78. The van der Waals surface area contributed by atoms with Crippen LogP contribution in [0.4, 0.5) is 0 Å². The lowest BCUT2D eigenvalue weighted by Gasteiger charge is -2.24. The molecule has 0 aliphatic carbocycles. The van der Waals surface area contributed by atoms with Crippen molar-refractivity contribution in [3.8, 4) is 11.5 Å². The highest BCUT2D eigenvalue weighted by molar-refractivity contribution is 7.91. The molecule has 27 heavy (non-hydrogen) atoms. The summed E-state index contributed by atoms with van der Waals surface area (Å²) >= 11 is 1.08. The summed E-state index contributed by atoms with van der Waals surface area (Å²) in [4.78, 5) is 14.1. The second kappa shape index (κ2) is 8.49. The van der Waals surface area contributed by atoms with E-state index in [0.29, 0.717) is 31.1 Å². The molecular weight excluding hydrogens is 388 g/mol. The lowest BCUT2D eigenvalue weighted by atomic mass is 10.1. The first-order valence-electron chi connectivity index (χ1n) is 9.08. The van der Waals surface area contributed by atoms with Gasteiger partial charge in [0.1, 0.15) is 4.21 Å². The molecule has 3 rings (SSSR count). The van der Waals surface area contributed by atoms with E-state index in [9.17, 15) is 13.2 Å². The maximum Gasteiger partial charge on any atom is 0.311 e. The molecule has 8 nitrogen and oxygen atoms in total. The molecule has 1 saturated heterocycles. The third kappa shape index (κ3) is 4.94. The van der Waals surface area contributed by atoms with Crippen molar-refractivity contribution in [3.05, 3.63) is 17.3 Å². The number of rotatable bonds is 7. The zero-order valence-corrected chi connectivity index (χ0v) is 17.1. The van der Waals surface area contributed by atoms with Crippen LogP contribution < -0.4 is 4.72 Å². The Hall–Kier alpha value is -1.78. The van der Waals surface area contributed by atoms with Crippen molar-refractivity contribution in [2.24, 2.45) is 5.92 Å². The van der Waals surface area contributed by atoms with Crippen molar-refractivity contribution in [3.63, 3.8) is 0 Å². The van der Waals surface area contributed by atoms with Crippen molar-refractivity contribution in [1.29, 1.82) is 0 Å². The standard InChI is InChI=1S/C17H24N4O4S2/c1-12(2)6-7-18-27(23,24)14-10-13(11-26-14)15-19-20-16(25-15)17(22)21-8-4-3-5-9-21/h10-12,18H,3-9H2,1-2H3. The van der Waals surface area contributed by atoms with Crippen LogP contribution in [0.3, 0.4) is 0 Å². The Morgan fingerprint density at radius 2 is 2.04 bits per heavy atom. The Bertz CT molecular complexity index is 882. The van der Waals surface area contributed by atoms with Gasteiger partial charge in [-0.3, -0.25) is 4.79 Å². The van der Waals surface area contributed by atoms with Gasteiger partial charge in [0.2, 0.25) is 15.9 Å². The van der Waals surface area contributed by atoms with E-state index in [1.807, 2.05) is 13.8 Å². The first-order valence-corrected chi connectivity index (χ1v) is 11.4. The van der Waals surface area contributed by atoms with Gasteiger partial charge in [-0.1, -0.05) is 13.8 Å². The molecule has 0 unspecified atom stereocenters. The van der Waals surface area contributed by atoms with Gasteiger partial charge in [-0.15, -0.1) is 21.5 Å². The Morgan fingerprint density at radius 3 is 2.74 bits per heavy atom. The third-order valence-corrected chi connectivity index (χ3v) is 7.25. The topological polar surface area (TPSA) is 105 Å². The molecule has 10 heteroatoms. The molecule has 0 spiro atoms. The van der Waals surface area contributed by atoms with E-state index in [1.165, 1.54) is 6.07 Å². The summed E-state index contributed by atoms with van der Waals surface area (Å²) in [5, 5.41) is 9.39. The van der Waals surface area contributed by atoms with Gasteiger partial charge in [0.15, 0.2) is 0 Å². The van der Waals surface area contributed by atoms with Gasteiger partial charge in [0.05, 0.1) is 5.56 Å². The second-order valence-electron chi connectivity index (χ2n) is 7.00. The normalized spacial score (nSPS) is 15.4. The molecular formula is C17H24N4O4S2. The molecule has 1 fully saturated rings. The van der Waals surface area contributed by atoms with Crippen molar-refractivity contribution in [2.45, 2.75) is 43.7 Å². The van der Waals surface area contributed by atoms with E-state index >= 15 is 0 Å². The molecule has 3 heterocycles. The Kier molecular flexibility index (Phi) is 6.28. The fraction of sp³-hybridized carbons (Fsp3) is 0.588. The van der Waals surface area contributed by atoms with Gasteiger partial charge < -0.3 is 9.32 Å². The molecule has 148 valence electrons. The van der Waals surface area contributed by atoms with Crippen molar-refractivity contribution >= 4 is 27.3 Å². The van der Waals surface area contributed by atoms with Crippen LogP contribution in [0.1, 0.15) is 50.2 Å². The zero-order valence-electron chi connectivity index (χ0n) is 15.5.